The number of nitrogens with zero attached hydrogens (tertiary/aromatic N) is 3. The van der Waals surface area contributed by atoms with Crippen LogP contribution in [-0.4, -0.2) is 56.6 Å². The Morgan fingerprint density at radius 1 is 1.21 bits per heavy atom. The van der Waals surface area contributed by atoms with Crippen molar-refractivity contribution in [2.24, 2.45) is 4.99 Å². The average Bonchev–Trinajstić information content (AvgIpc) is 3.50. The zero-order valence-corrected chi connectivity index (χ0v) is 18.2. The lowest BCUT2D eigenvalue weighted by atomic mass is 10.1. The molecule has 1 aromatic carbocycles. The van der Waals surface area contributed by atoms with Crippen LogP contribution >= 0.6 is 0 Å². The first-order valence-corrected chi connectivity index (χ1v) is 10.9. The van der Waals surface area contributed by atoms with Crippen LogP contribution in [0.5, 0.6) is 0 Å². The van der Waals surface area contributed by atoms with E-state index in [1.165, 1.54) is 0 Å². The number of anilines is 1. The van der Waals surface area contributed by atoms with E-state index in [-0.39, 0.29) is 18.2 Å². The number of hydrogen-bond acceptors (Lipinski definition) is 7. The number of aryl methyl sites for hydroxylation is 1. The number of aromatic amines is 2. The van der Waals surface area contributed by atoms with Gasteiger partial charge in [0.25, 0.3) is 5.56 Å². The van der Waals surface area contributed by atoms with E-state index in [9.17, 15) is 9.90 Å². The number of imidazole rings is 1. The second-order valence-electron chi connectivity index (χ2n) is 8.11. The molecule has 0 saturated carbocycles. The summed E-state index contributed by atoms with van der Waals surface area (Å²) < 4.78 is 0. The van der Waals surface area contributed by atoms with Crippen LogP contribution in [0.4, 0.5) is 5.69 Å². The number of hydrogen-bond donors (Lipinski definition) is 5. The number of H-pyrrole nitrogens is 2. The summed E-state index contributed by atoms with van der Waals surface area (Å²) in [5, 5.41) is 16.6. The molecule has 0 amide bonds. The SMILES string of the molecule is Cc1cc(C2=NCCN2)cc2[nH]c(-c3c(NC(CO)Cc4ccncc4)cc[nH]c3=O)nc12. The number of aliphatic hydroxyl groups excluding tert-OH is 1. The van der Waals surface area contributed by atoms with Gasteiger partial charge in [0.1, 0.15) is 17.2 Å². The maximum absolute atomic E-state index is 12.9. The average molecular weight is 444 g/mol. The summed E-state index contributed by atoms with van der Waals surface area (Å²) in [6.07, 6.45) is 5.62. The molecule has 1 unspecified atom stereocenters. The van der Waals surface area contributed by atoms with Crippen LogP contribution in [0.2, 0.25) is 0 Å². The molecule has 0 aliphatic carbocycles. The van der Waals surface area contributed by atoms with Crippen molar-refractivity contribution in [3.05, 3.63) is 76.0 Å². The summed E-state index contributed by atoms with van der Waals surface area (Å²) in [4.78, 5) is 32.2. The molecule has 33 heavy (non-hydrogen) atoms. The van der Waals surface area contributed by atoms with Crippen molar-refractivity contribution >= 4 is 22.6 Å². The minimum Gasteiger partial charge on any atom is -0.394 e. The van der Waals surface area contributed by atoms with Crippen LogP contribution in [0.1, 0.15) is 16.7 Å². The summed E-state index contributed by atoms with van der Waals surface area (Å²) in [6, 6.07) is 9.37. The monoisotopic (exact) mass is 443 g/mol. The normalized spacial score (nSPS) is 14.2. The first-order chi connectivity index (χ1) is 16.1. The van der Waals surface area contributed by atoms with E-state index in [1.54, 1.807) is 24.7 Å². The molecule has 9 heteroatoms. The lowest BCUT2D eigenvalue weighted by Gasteiger charge is -2.19. The third-order valence-electron chi connectivity index (χ3n) is 5.73. The quantitative estimate of drug-likeness (QED) is 0.297. The van der Waals surface area contributed by atoms with Crippen LogP contribution in [0.3, 0.4) is 0 Å². The molecule has 5 rings (SSSR count). The number of aromatic nitrogens is 4. The number of amidine groups is 1. The summed E-state index contributed by atoms with van der Waals surface area (Å²) >= 11 is 0. The van der Waals surface area contributed by atoms with E-state index in [2.05, 4.69) is 36.6 Å². The molecule has 0 bridgehead atoms. The number of aliphatic hydroxyl groups is 1. The summed E-state index contributed by atoms with van der Waals surface area (Å²) in [5.41, 5.74) is 5.40. The van der Waals surface area contributed by atoms with Gasteiger partial charge in [-0.25, -0.2) is 4.98 Å². The molecule has 1 aliphatic rings. The molecular formula is C24H25N7O2. The molecule has 1 atom stereocenters. The highest BCUT2D eigenvalue weighted by Gasteiger charge is 2.19. The lowest BCUT2D eigenvalue weighted by molar-refractivity contribution is 0.273. The van der Waals surface area contributed by atoms with E-state index in [0.29, 0.717) is 23.5 Å². The van der Waals surface area contributed by atoms with Crippen LogP contribution < -0.4 is 16.2 Å². The maximum atomic E-state index is 12.9. The molecule has 3 aromatic heterocycles. The lowest BCUT2D eigenvalue weighted by Crippen LogP contribution is -2.28. The Kier molecular flexibility index (Phi) is 5.62. The maximum Gasteiger partial charge on any atom is 0.261 e. The third-order valence-corrected chi connectivity index (χ3v) is 5.73. The van der Waals surface area contributed by atoms with Crippen molar-refractivity contribution in [3.8, 4) is 11.4 Å². The first-order valence-electron chi connectivity index (χ1n) is 10.9. The zero-order chi connectivity index (χ0) is 22.8. The van der Waals surface area contributed by atoms with Crippen molar-refractivity contribution in [2.75, 3.05) is 25.0 Å². The van der Waals surface area contributed by atoms with E-state index < -0.39 is 0 Å². The highest BCUT2D eigenvalue weighted by Crippen LogP contribution is 2.27. The molecule has 0 spiro atoms. The zero-order valence-electron chi connectivity index (χ0n) is 18.2. The molecule has 4 heterocycles. The second kappa shape index (κ2) is 8.87. The fraction of sp³-hybridized carbons (Fsp3) is 0.250. The highest BCUT2D eigenvalue weighted by atomic mass is 16.3. The van der Waals surface area contributed by atoms with Gasteiger partial charge in [-0.3, -0.25) is 14.8 Å². The van der Waals surface area contributed by atoms with Crippen LogP contribution in [0.15, 0.2) is 58.7 Å². The molecule has 168 valence electrons. The number of fused-ring (bicyclic) bond motifs is 1. The first kappa shape index (κ1) is 20.9. The number of benzene rings is 1. The number of aliphatic imine (C=N–C) groups is 1. The van der Waals surface area contributed by atoms with Crippen molar-refractivity contribution in [1.82, 2.24) is 25.3 Å². The van der Waals surface area contributed by atoms with Gasteiger partial charge in [0.2, 0.25) is 0 Å². The van der Waals surface area contributed by atoms with E-state index in [0.717, 1.165) is 46.6 Å². The minimum absolute atomic E-state index is 0.0910. The molecule has 9 nitrogen and oxygen atoms in total. The highest BCUT2D eigenvalue weighted by molar-refractivity contribution is 6.03. The standard InChI is InChI=1S/C24H25N7O2/c1-14-10-16(22-26-8-9-27-22)12-19-21(14)31-23(30-19)20-18(4-7-28-24(20)33)29-17(13-32)11-15-2-5-25-6-3-15/h2-7,10,12,17,32H,8-9,11,13H2,1H3,(H,26,27)(H,30,31)(H2,28,29,33). The van der Waals surface area contributed by atoms with Gasteiger partial charge in [-0.1, -0.05) is 0 Å². The number of pyridine rings is 2. The molecule has 5 N–H and O–H groups in total. The van der Waals surface area contributed by atoms with Gasteiger partial charge in [-0.2, -0.15) is 0 Å². The third kappa shape index (κ3) is 4.22. The fourth-order valence-electron chi connectivity index (χ4n) is 4.16. The predicted molar refractivity (Wildman–Crippen MR) is 129 cm³/mol. The Morgan fingerprint density at radius 2 is 2.06 bits per heavy atom. The predicted octanol–water partition coefficient (Wildman–Crippen LogP) is 1.99. The van der Waals surface area contributed by atoms with Gasteiger partial charge in [0.15, 0.2) is 0 Å². The Morgan fingerprint density at radius 3 is 2.82 bits per heavy atom. The largest absolute Gasteiger partial charge is 0.394 e. The van der Waals surface area contributed by atoms with Gasteiger partial charge in [-0.15, -0.1) is 0 Å². The summed E-state index contributed by atoms with van der Waals surface area (Å²) in [6.45, 7) is 3.50. The summed E-state index contributed by atoms with van der Waals surface area (Å²) in [5.74, 6) is 1.34. The number of rotatable bonds is 7. The van der Waals surface area contributed by atoms with Crippen LogP contribution in [0.25, 0.3) is 22.4 Å². The van der Waals surface area contributed by atoms with Crippen molar-refractivity contribution in [1.29, 1.82) is 0 Å². The van der Waals surface area contributed by atoms with Gasteiger partial charge in [0.05, 0.1) is 35.9 Å². The molecule has 0 fully saturated rings. The van der Waals surface area contributed by atoms with Crippen molar-refractivity contribution in [2.45, 2.75) is 19.4 Å². The fourth-order valence-corrected chi connectivity index (χ4v) is 4.16. The Bertz CT molecular complexity index is 1370. The number of nitrogens with one attached hydrogen (secondary N) is 4. The molecule has 4 aromatic rings. The molecule has 0 saturated heterocycles. The Labute approximate surface area is 190 Å². The van der Waals surface area contributed by atoms with E-state index in [4.69, 9.17) is 4.98 Å². The second-order valence-corrected chi connectivity index (χ2v) is 8.11. The smallest absolute Gasteiger partial charge is 0.261 e. The molecule has 0 radical (unpaired) electrons. The van der Waals surface area contributed by atoms with Crippen LogP contribution in [0, 0.1) is 6.92 Å². The van der Waals surface area contributed by atoms with Gasteiger partial charge in [0, 0.05) is 30.7 Å². The van der Waals surface area contributed by atoms with Gasteiger partial charge >= 0.3 is 0 Å². The van der Waals surface area contributed by atoms with Crippen molar-refractivity contribution in [3.63, 3.8) is 0 Å². The Hall–Kier alpha value is -3.98. The van der Waals surface area contributed by atoms with Gasteiger partial charge in [-0.05, 0) is 54.8 Å². The van der Waals surface area contributed by atoms with Gasteiger partial charge < -0.3 is 25.7 Å². The Balaban J connectivity index is 1.51. The molecule has 1 aliphatic heterocycles. The summed E-state index contributed by atoms with van der Waals surface area (Å²) in [7, 11) is 0. The van der Waals surface area contributed by atoms with Crippen LogP contribution in [-0.2, 0) is 6.42 Å². The topological polar surface area (TPSA) is 131 Å². The van der Waals surface area contributed by atoms with E-state index >= 15 is 0 Å². The van der Waals surface area contributed by atoms with E-state index in [1.807, 2.05) is 25.1 Å². The van der Waals surface area contributed by atoms with Crippen molar-refractivity contribution < 1.29 is 5.11 Å². The molecular weight excluding hydrogens is 418 g/mol. The minimum atomic E-state index is -0.280.